The second-order valence-corrected chi connectivity index (χ2v) is 8.16. The Balaban J connectivity index is 1.82. The van der Waals surface area contributed by atoms with Crippen LogP contribution in [0.4, 0.5) is 4.39 Å². The van der Waals surface area contributed by atoms with Crippen molar-refractivity contribution in [3.63, 3.8) is 0 Å². The molecule has 2 aliphatic heterocycles. The van der Waals surface area contributed by atoms with E-state index in [1.165, 1.54) is 4.90 Å². The maximum atomic E-state index is 13.4. The Labute approximate surface area is 146 Å². The molecule has 0 saturated carbocycles. The van der Waals surface area contributed by atoms with E-state index in [1.807, 2.05) is 36.6 Å². The van der Waals surface area contributed by atoms with Crippen molar-refractivity contribution in [2.75, 3.05) is 37.7 Å². The first-order valence-corrected chi connectivity index (χ1v) is 9.41. The highest BCUT2D eigenvalue weighted by Gasteiger charge is 2.36. The van der Waals surface area contributed by atoms with Crippen LogP contribution in [0.25, 0.3) is 0 Å². The maximum absolute atomic E-state index is 13.4. The SMILES string of the molecule is CC(C)(CC(=O)N1CCSCC1)NCC(=O)N1C[C@@H](F)C[C@H]1C#N. The van der Waals surface area contributed by atoms with Gasteiger partial charge in [0, 0.05) is 43.0 Å². The first kappa shape index (κ1) is 19.0. The summed E-state index contributed by atoms with van der Waals surface area (Å²) in [5, 5.41) is 12.1. The normalized spacial score (nSPS) is 24.8. The molecule has 0 radical (unpaired) electrons. The fraction of sp³-hybridized carbons (Fsp3) is 0.812. The predicted octanol–water partition coefficient (Wildman–Crippen LogP) is 0.783. The number of likely N-dealkylation sites (tertiary alicyclic amines) is 1. The minimum absolute atomic E-state index is 0.00102. The van der Waals surface area contributed by atoms with E-state index in [0.717, 1.165) is 24.6 Å². The van der Waals surface area contributed by atoms with Gasteiger partial charge in [0.05, 0.1) is 19.2 Å². The summed E-state index contributed by atoms with van der Waals surface area (Å²) in [5.41, 5.74) is -0.533. The van der Waals surface area contributed by atoms with Gasteiger partial charge in [-0.1, -0.05) is 0 Å². The van der Waals surface area contributed by atoms with Crippen molar-refractivity contribution in [2.45, 2.75) is 44.4 Å². The van der Waals surface area contributed by atoms with Crippen LogP contribution in [0.1, 0.15) is 26.7 Å². The highest BCUT2D eigenvalue weighted by atomic mass is 32.2. The molecule has 1 N–H and O–H groups in total. The highest BCUT2D eigenvalue weighted by Crippen LogP contribution is 2.20. The third-order valence-corrected chi connectivity index (χ3v) is 5.34. The number of nitrogens with zero attached hydrogens (tertiary/aromatic N) is 3. The Bertz CT molecular complexity index is 517. The van der Waals surface area contributed by atoms with Crippen LogP contribution in [-0.2, 0) is 9.59 Å². The van der Waals surface area contributed by atoms with E-state index in [2.05, 4.69) is 5.32 Å². The summed E-state index contributed by atoms with van der Waals surface area (Å²) in [4.78, 5) is 27.7. The van der Waals surface area contributed by atoms with Gasteiger partial charge in [-0.3, -0.25) is 9.59 Å². The van der Waals surface area contributed by atoms with Crippen molar-refractivity contribution in [2.24, 2.45) is 0 Å². The molecule has 2 amide bonds. The average molecular weight is 356 g/mol. The van der Waals surface area contributed by atoms with Crippen LogP contribution in [0, 0.1) is 11.3 Å². The van der Waals surface area contributed by atoms with E-state index >= 15 is 0 Å². The lowest BCUT2D eigenvalue weighted by Crippen LogP contribution is -2.50. The highest BCUT2D eigenvalue weighted by molar-refractivity contribution is 7.99. The zero-order valence-corrected chi connectivity index (χ0v) is 15.1. The topological polar surface area (TPSA) is 76.4 Å². The number of alkyl halides is 1. The molecule has 2 heterocycles. The lowest BCUT2D eigenvalue weighted by Gasteiger charge is -2.32. The zero-order chi connectivity index (χ0) is 17.7. The Morgan fingerprint density at radius 1 is 1.33 bits per heavy atom. The van der Waals surface area contributed by atoms with Crippen molar-refractivity contribution < 1.29 is 14.0 Å². The van der Waals surface area contributed by atoms with Gasteiger partial charge in [-0.15, -0.1) is 0 Å². The fourth-order valence-corrected chi connectivity index (χ4v) is 3.87. The molecule has 134 valence electrons. The molecule has 2 aliphatic rings. The predicted molar refractivity (Wildman–Crippen MR) is 91.2 cm³/mol. The first-order chi connectivity index (χ1) is 11.3. The van der Waals surface area contributed by atoms with Gasteiger partial charge in [0.15, 0.2) is 0 Å². The maximum Gasteiger partial charge on any atom is 0.237 e. The van der Waals surface area contributed by atoms with Crippen molar-refractivity contribution in [1.29, 1.82) is 5.26 Å². The molecular formula is C16H25FN4O2S. The third-order valence-electron chi connectivity index (χ3n) is 4.39. The minimum Gasteiger partial charge on any atom is -0.341 e. The molecule has 0 aromatic rings. The van der Waals surface area contributed by atoms with E-state index < -0.39 is 17.8 Å². The number of hydrogen-bond acceptors (Lipinski definition) is 5. The second kappa shape index (κ2) is 8.17. The quantitative estimate of drug-likeness (QED) is 0.788. The van der Waals surface area contributed by atoms with Crippen LogP contribution in [-0.4, -0.2) is 77.1 Å². The molecule has 2 atom stereocenters. The summed E-state index contributed by atoms with van der Waals surface area (Å²) in [6.45, 7) is 5.27. The van der Waals surface area contributed by atoms with Crippen molar-refractivity contribution in [1.82, 2.24) is 15.1 Å². The molecule has 0 aromatic carbocycles. The van der Waals surface area contributed by atoms with Crippen molar-refractivity contribution in [3.8, 4) is 6.07 Å². The standard InChI is InChI=1S/C16H25FN4O2S/c1-16(2,8-14(22)20-3-5-24-6-4-20)19-10-15(23)21-11-12(17)7-13(21)9-18/h12-13,19H,3-8,10-11H2,1-2H3/t12-,13-/m0/s1. The summed E-state index contributed by atoms with van der Waals surface area (Å²) in [7, 11) is 0. The summed E-state index contributed by atoms with van der Waals surface area (Å²) in [6, 6.07) is 1.28. The monoisotopic (exact) mass is 356 g/mol. The van der Waals surface area contributed by atoms with Gasteiger partial charge in [-0.05, 0) is 13.8 Å². The van der Waals surface area contributed by atoms with E-state index in [-0.39, 0.29) is 31.3 Å². The van der Waals surface area contributed by atoms with Gasteiger partial charge in [0.25, 0.3) is 0 Å². The smallest absolute Gasteiger partial charge is 0.237 e. The molecule has 0 aliphatic carbocycles. The second-order valence-electron chi connectivity index (χ2n) is 6.93. The molecule has 0 spiro atoms. The number of nitriles is 1. The minimum atomic E-state index is -1.13. The van der Waals surface area contributed by atoms with E-state index in [0.29, 0.717) is 6.42 Å². The number of nitrogens with one attached hydrogen (secondary N) is 1. The van der Waals surface area contributed by atoms with Gasteiger partial charge in [-0.25, -0.2) is 4.39 Å². The van der Waals surface area contributed by atoms with Crippen LogP contribution in [0.5, 0.6) is 0 Å². The van der Waals surface area contributed by atoms with Crippen LogP contribution in [0.15, 0.2) is 0 Å². The van der Waals surface area contributed by atoms with Crippen LogP contribution < -0.4 is 5.32 Å². The van der Waals surface area contributed by atoms with Gasteiger partial charge < -0.3 is 15.1 Å². The van der Waals surface area contributed by atoms with E-state index in [4.69, 9.17) is 5.26 Å². The molecule has 0 bridgehead atoms. The van der Waals surface area contributed by atoms with Gasteiger partial charge in [0.1, 0.15) is 12.2 Å². The Hall–Kier alpha value is -1.33. The summed E-state index contributed by atoms with van der Waals surface area (Å²) >= 11 is 1.85. The Kier molecular flexibility index (Phi) is 6.47. The van der Waals surface area contributed by atoms with Gasteiger partial charge in [-0.2, -0.15) is 17.0 Å². The average Bonchev–Trinajstić information content (AvgIpc) is 2.94. The van der Waals surface area contributed by atoms with Crippen molar-refractivity contribution in [3.05, 3.63) is 0 Å². The van der Waals surface area contributed by atoms with Crippen LogP contribution in [0.3, 0.4) is 0 Å². The molecule has 2 fully saturated rings. The number of thioether (sulfide) groups is 1. The Morgan fingerprint density at radius 2 is 2.00 bits per heavy atom. The molecular weight excluding hydrogens is 331 g/mol. The summed E-state index contributed by atoms with van der Waals surface area (Å²) < 4.78 is 13.4. The number of amides is 2. The summed E-state index contributed by atoms with van der Waals surface area (Å²) in [5.74, 6) is 1.72. The lowest BCUT2D eigenvalue weighted by molar-refractivity contribution is -0.134. The zero-order valence-electron chi connectivity index (χ0n) is 14.3. The molecule has 24 heavy (non-hydrogen) atoms. The Morgan fingerprint density at radius 3 is 2.62 bits per heavy atom. The lowest BCUT2D eigenvalue weighted by atomic mass is 9.99. The van der Waals surface area contributed by atoms with Gasteiger partial charge in [0.2, 0.25) is 11.8 Å². The number of hydrogen-bond donors (Lipinski definition) is 1. The largest absolute Gasteiger partial charge is 0.341 e. The number of halogens is 1. The molecule has 0 unspecified atom stereocenters. The number of carbonyl (C=O) groups is 2. The first-order valence-electron chi connectivity index (χ1n) is 8.26. The molecule has 2 saturated heterocycles. The van der Waals surface area contributed by atoms with Crippen LogP contribution in [0.2, 0.25) is 0 Å². The number of carbonyl (C=O) groups excluding carboxylic acids is 2. The molecule has 2 rings (SSSR count). The van der Waals surface area contributed by atoms with E-state index in [1.54, 1.807) is 0 Å². The van der Waals surface area contributed by atoms with Gasteiger partial charge >= 0.3 is 0 Å². The fourth-order valence-electron chi connectivity index (χ4n) is 2.96. The third kappa shape index (κ3) is 5.08. The molecule has 6 nitrogen and oxygen atoms in total. The molecule has 8 heteroatoms. The number of rotatable bonds is 5. The van der Waals surface area contributed by atoms with Crippen molar-refractivity contribution >= 4 is 23.6 Å². The van der Waals surface area contributed by atoms with Crippen LogP contribution >= 0.6 is 11.8 Å². The summed E-state index contributed by atoms with van der Waals surface area (Å²) in [6.07, 6.45) is -0.750. The molecule has 0 aromatic heterocycles. The van der Waals surface area contributed by atoms with E-state index in [9.17, 15) is 14.0 Å².